The molecule has 0 radical (unpaired) electrons. The highest BCUT2D eigenvalue weighted by molar-refractivity contribution is 9.10. The molecule has 0 saturated carbocycles. The zero-order chi connectivity index (χ0) is 15.7. The zero-order valence-electron chi connectivity index (χ0n) is 12.8. The van der Waals surface area contributed by atoms with Crippen molar-refractivity contribution in [2.75, 3.05) is 6.54 Å². The number of hydrogen-bond donors (Lipinski definition) is 2. The Balaban J connectivity index is 1.93. The molecular formula is C17H20BrN3O. The summed E-state index contributed by atoms with van der Waals surface area (Å²) in [5.74, 6) is -0.0154. The van der Waals surface area contributed by atoms with Crippen LogP contribution in [0.2, 0.25) is 0 Å². The number of benzene rings is 1. The van der Waals surface area contributed by atoms with E-state index in [1.807, 2.05) is 31.2 Å². The summed E-state index contributed by atoms with van der Waals surface area (Å²) in [5.41, 5.74) is 2.40. The Hall–Kier alpha value is -1.46. The van der Waals surface area contributed by atoms with Gasteiger partial charge in [-0.25, -0.2) is 0 Å². The minimum atomic E-state index is -0.0154. The Morgan fingerprint density at radius 3 is 3.00 bits per heavy atom. The van der Waals surface area contributed by atoms with Gasteiger partial charge in [-0.2, -0.15) is 0 Å². The molecule has 1 saturated heterocycles. The van der Waals surface area contributed by atoms with Gasteiger partial charge in [0.15, 0.2) is 0 Å². The van der Waals surface area contributed by atoms with Crippen molar-refractivity contribution in [3.8, 4) is 0 Å². The Morgan fingerprint density at radius 1 is 1.41 bits per heavy atom. The summed E-state index contributed by atoms with van der Waals surface area (Å²) in [6.45, 7) is 5.07. The van der Waals surface area contributed by atoms with Crippen LogP contribution in [0.5, 0.6) is 0 Å². The summed E-state index contributed by atoms with van der Waals surface area (Å²) in [4.78, 5) is 17.3. The number of carbonyl (C=O) groups is 1. The predicted molar refractivity (Wildman–Crippen MR) is 92.1 cm³/mol. The number of hydrogen-bond acceptors (Lipinski definition) is 3. The molecule has 0 aliphatic carbocycles. The van der Waals surface area contributed by atoms with Crippen LogP contribution >= 0.6 is 15.9 Å². The largest absolute Gasteiger partial charge is 0.348 e. The van der Waals surface area contributed by atoms with E-state index < -0.39 is 0 Å². The summed E-state index contributed by atoms with van der Waals surface area (Å²) in [5, 5.41) is 7.48. The van der Waals surface area contributed by atoms with Crippen molar-refractivity contribution >= 4 is 32.7 Å². The molecule has 1 fully saturated rings. The lowest BCUT2D eigenvalue weighted by Crippen LogP contribution is -2.51. The Labute approximate surface area is 138 Å². The third-order valence-electron chi connectivity index (χ3n) is 4.22. The fourth-order valence-electron chi connectivity index (χ4n) is 3.01. The molecule has 2 atom stereocenters. The molecule has 1 aliphatic rings. The molecule has 3 rings (SSSR count). The lowest BCUT2D eigenvalue weighted by Gasteiger charge is -2.30. The van der Waals surface area contributed by atoms with Gasteiger partial charge in [-0.15, -0.1) is 0 Å². The molecule has 2 N–H and O–H groups in total. The summed E-state index contributed by atoms with van der Waals surface area (Å²) in [6.07, 6.45) is 2.12. The van der Waals surface area contributed by atoms with E-state index in [0.717, 1.165) is 40.5 Å². The molecule has 1 amide bonds. The fourth-order valence-corrected chi connectivity index (χ4v) is 3.36. The molecule has 1 aromatic heterocycles. The smallest absolute Gasteiger partial charge is 0.252 e. The quantitative estimate of drug-likeness (QED) is 0.863. The maximum atomic E-state index is 12.7. The molecule has 2 heterocycles. The highest BCUT2D eigenvalue weighted by Gasteiger charge is 2.23. The number of amides is 1. The maximum absolute atomic E-state index is 12.7. The van der Waals surface area contributed by atoms with Crippen LogP contribution in [0, 0.1) is 6.92 Å². The molecule has 4 nitrogen and oxygen atoms in total. The number of carbonyl (C=O) groups excluding carboxylic acids is 1. The van der Waals surface area contributed by atoms with Crippen molar-refractivity contribution in [1.29, 1.82) is 0 Å². The van der Waals surface area contributed by atoms with Crippen LogP contribution in [-0.2, 0) is 0 Å². The molecule has 22 heavy (non-hydrogen) atoms. The van der Waals surface area contributed by atoms with E-state index in [-0.39, 0.29) is 11.9 Å². The van der Waals surface area contributed by atoms with E-state index in [1.165, 1.54) is 0 Å². The molecule has 1 aromatic carbocycles. The van der Waals surface area contributed by atoms with Gasteiger partial charge < -0.3 is 10.6 Å². The zero-order valence-corrected chi connectivity index (χ0v) is 14.4. The SMILES string of the molecule is Cc1cc(C(=O)NC2CCCNC2C)c2ccc(Br)cc2n1. The first-order chi connectivity index (χ1) is 10.5. The predicted octanol–water partition coefficient (Wildman–Crippen LogP) is 3.18. The first-order valence-electron chi connectivity index (χ1n) is 7.66. The van der Waals surface area contributed by atoms with Gasteiger partial charge in [-0.1, -0.05) is 22.0 Å². The number of aromatic nitrogens is 1. The summed E-state index contributed by atoms with van der Waals surface area (Å²) in [7, 11) is 0. The summed E-state index contributed by atoms with van der Waals surface area (Å²) in [6, 6.07) is 8.20. The van der Waals surface area contributed by atoms with Gasteiger partial charge in [-0.3, -0.25) is 9.78 Å². The molecular weight excluding hydrogens is 342 g/mol. The number of aryl methyl sites for hydroxylation is 1. The molecule has 0 bridgehead atoms. The molecule has 1 aliphatic heterocycles. The Morgan fingerprint density at radius 2 is 2.23 bits per heavy atom. The highest BCUT2D eigenvalue weighted by atomic mass is 79.9. The van der Waals surface area contributed by atoms with Crippen LogP contribution in [-0.4, -0.2) is 29.5 Å². The maximum Gasteiger partial charge on any atom is 0.252 e. The van der Waals surface area contributed by atoms with Gasteiger partial charge in [0.25, 0.3) is 5.91 Å². The van der Waals surface area contributed by atoms with Crippen molar-refractivity contribution in [3.63, 3.8) is 0 Å². The average Bonchev–Trinajstić information content (AvgIpc) is 2.48. The lowest BCUT2D eigenvalue weighted by molar-refractivity contribution is 0.0921. The number of nitrogens with zero attached hydrogens (tertiary/aromatic N) is 1. The van der Waals surface area contributed by atoms with Gasteiger partial charge in [0.2, 0.25) is 0 Å². The first kappa shape index (κ1) is 15.4. The second-order valence-corrected chi connectivity index (χ2v) is 6.85. The van der Waals surface area contributed by atoms with Gasteiger partial charge in [0, 0.05) is 27.6 Å². The van der Waals surface area contributed by atoms with Crippen LogP contribution in [0.15, 0.2) is 28.7 Å². The van der Waals surface area contributed by atoms with Gasteiger partial charge in [-0.05, 0) is 51.4 Å². The Bertz CT molecular complexity index is 711. The van der Waals surface area contributed by atoms with Crippen molar-refractivity contribution in [1.82, 2.24) is 15.6 Å². The average molecular weight is 362 g/mol. The monoisotopic (exact) mass is 361 g/mol. The molecule has 5 heteroatoms. The van der Waals surface area contributed by atoms with E-state index >= 15 is 0 Å². The van der Waals surface area contributed by atoms with Gasteiger partial charge in [0.05, 0.1) is 11.1 Å². The van der Waals surface area contributed by atoms with Crippen LogP contribution in [0.4, 0.5) is 0 Å². The summed E-state index contributed by atoms with van der Waals surface area (Å²) >= 11 is 3.46. The number of pyridine rings is 1. The highest BCUT2D eigenvalue weighted by Crippen LogP contribution is 2.23. The fraction of sp³-hybridized carbons (Fsp3) is 0.412. The van der Waals surface area contributed by atoms with E-state index in [2.05, 4.69) is 38.5 Å². The third kappa shape index (κ3) is 3.15. The van der Waals surface area contributed by atoms with Gasteiger partial charge in [0.1, 0.15) is 0 Å². The van der Waals surface area contributed by atoms with E-state index in [0.29, 0.717) is 11.6 Å². The van der Waals surface area contributed by atoms with E-state index in [1.54, 1.807) is 0 Å². The van der Waals surface area contributed by atoms with Crippen molar-refractivity contribution in [3.05, 3.63) is 40.0 Å². The molecule has 2 aromatic rings. The topological polar surface area (TPSA) is 54.0 Å². The lowest BCUT2D eigenvalue weighted by atomic mass is 9.99. The van der Waals surface area contributed by atoms with Gasteiger partial charge >= 0.3 is 0 Å². The van der Waals surface area contributed by atoms with Crippen molar-refractivity contribution in [2.45, 2.75) is 38.8 Å². The Kier molecular flexibility index (Phi) is 4.45. The number of halogens is 1. The van der Waals surface area contributed by atoms with Crippen molar-refractivity contribution < 1.29 is 4.79 Å². The normalized spacial score (nSPS) is 21.8. The molecule has 0 spiro atoms. The number of piperidine rings is 1. The van der Waals surface area contributed by atoms with E-state index in [4.69, 9.17) is 0 Å². The molecule has 2 unspecified atom stereocenters. The minimum absolute atomic E-state index is 0.0154. The number of rotatable bonds is 2. The second-order valence-electron chi connectivity index (χ2n) is 5.94. The first-order valence-corrected chi connectivity index (χ1v) is 8.45. The second kappa shape index (κ2) is 6.34. The minimum Gasteiger partial charge on any atom is -0.348 e. The van der Waals surface area contributed by atoms with Crippen LogP contribution in [0.25, 0.3) is 10.9 Å². The van der Waals surface area contributed by atoms with Crippen molar-refractivity contribution in [2.24, 2.45) is 0 Å². The summed E-state index contributed by atoms with van der Waals surface area (Å²) < 4.78 is 0.967. The standard InChI is InChI=1S/C17H20BrN3O/c1-10-8-14(13-6-5-12(18)9-16(13)20-10)17(22)21-15-4-3-7-19-11(15)2/h5-6,8-9,11,15,19H,3-4,7H2,1-2H3,(H,21,22). The number of nitrogens with one attached hydrogen (secondary N) is 2. The number of fused-ring (bicyclic) bond motifs is 1. The van der Waals surface area contributed by atoms with Crippen LogP contribution in [0.1, 0.15) is 35.8 Å². The molecule has 116 valence electrons. The third-order valence-corrected chi connectivity index (χ3v) is 4.72. The van der Waals surface area contributed by atoms with Crippen LogP contribution in [0.3, 0.4) is 0 Å². The van der Waals surface area contributed by atoms with Crippen LogP contribution < -0.4 is 10.6 Å². The van der Waals surface area contributed by atoms with E-state index in [9.17, 15) is 4.79 Å².